The molecule has 0 atom stereocenters. The van der Waals surface area contributed by atoms with E-state index >= 15 is 0 Å². The topological polar surface area (TPSA) is 90.7 Å². The highest BCUT2D eigenvalue weighted by Crippen LogP contribution is 2.31. The van der Waals surface area contributed by atoms with Crippen molar-refractivity contribution in [1.29, 1.82) is 0 Å². The number of ether oxygens (including phenoxy) is 2. The zero-order valence-electron chi connectivity index (χ0n) is 12.3. The molecular weight excluding hydrogens is 292 g/mol. The fourth-order valence-electron chi connectivity index (χ4n) is 2.24. The number of benzene rings is 1. The Morgan fingerprint density at radius 3 is 2.38 bits per heavy atom. The van der Waals surface area contributed by atoms with Gasteiger partial charge in [-0.15, -0.1) is 0 Å². The summed E-state index contributed by atoms with van der Waals surface area (Å²) < 4.78 is 38.2. The second-order valence-corrected chi connectivity index (χ2v) is 6.74. The number of rotatable bonds is 7. The third-order valence-electron chi connectivity index (χ3n) is 3.32. The van der Waals surface area contributed by atoms with Crippen molar-refractivity contribution in [3.63, 3.8) is 0 Å². The lowest BCUT2D eigenvalue weighted by Gasteiger charge is -2.32. The predicted molar refractivity (Wildman–Crippen MR) is 80.1 cm³/mol. The third-order valence-corrected chi connectivity index (χ3v) is 4.84. The maximum atomic E-state index is 12.3. The number of hydrogen-bond acceptors (Lipinski definition) is 5. The monoisotopic (exact) mass is 314 g/mol. The van der Waals surface area contributed by atoms with Crippen LogP contribution in [0, 0.1) is 0 Å². The van der Waals surface area contributed by atoms with Gasteiger partial charge < -0.3 is 15.2 Å². The van der Waals surface area contributed by atoms with Gasteiger partial charge in [-0.2, -0.15) is 0 Å². The highest BCUT2D eigenvalue weighted by molar-refractivity contribution is 7.89. The first-order valence-electron chi connectivity index (χ1n) is 7.13. The van der Waals surface area contributed by atoms with Gasteiger partial charge in [-0.3, -0.25) is 0 Å². The molecule has 1 fully saturated rings. The van der Waals surface area contributed by atoms with Gasteiger partial charge in [-0.05, 0) is 38.8 Å². The Morgan fingerprint density at radius 2 is 1.81 bits per heavy atom. The van der Waals surface area contributed by atoms with Crippen LogP contribution < -0.4 is 19.9 Å². The summed E-state index contributed by atoms with van der Waals surface area (Å²) in [5.74, 6) is 0.983. The minimum absolute atomic E-state index is 0.0767. The van der Waals surface area contributed by atoms with Crippen molar-refractivity contribution in [2.24, 2.45) is 5.73 Å². The van der Waals surface area contributed by atoms with E-state index < -0.39 is 10.0 Å². The Bertz CT molecular complexity index is 583. The van der Waals surface area contributed by atoms with Crippen molar-refractivity contribution in [2.75, 3.05) is 13.2 Å². The number of nitrogens with one attached hydrogen (secondary N) is 1. The summed E-state index contributed by atoms with van der Waals surface area (Å²) in [5, 5.41) is 0. The van der Waals surface area contributed by atoms with E-state index in [-0.39, 0.29) is 17.0 Å². The molecule has 1 aliphatic carbocycles. The van der Waals surface area contributed by atoms with Crippen LogP contribution in [-0.4, -0.2) is 33.7 Å². The van der Waals surface area contributed by atoms with Crippen LogP contribution in [0.5, 0.6) is 11.5 Å². The van der Waals surface area contributed by atoms with E-state index in [2.05, 4.69) is 4.72 Å². The quantitative estimate of drug-likeness (QED) is 0.790. The average molecular weight is 314 g/mol. The molecule has 0 bridgehead atoms. The van der Waals surface area contributed by atoms with Gasteiger partial charge in [-0.25, -0.2) is 13.1 Å². The second kappa shape index (κ2) is 6.64. The van der Waals surface area contributed by atoms with E-state index in [4.69, 9.17) is 15.2 Å². The average Bonchev–Trinajstić information content (AvgIpc) is 2.39. The van der Waals surface area contributed by atoms with E-state index in [1.807, 2.05) is 13.8 Å². The molecule has 1 aliphatic rings. The van der Waals surface area contributed by atoms with E-state index in [1.54, 1.807) is 6.07 Å². The zero-order valence-corrected chi connectivity index (χ0v) is 13.2. The molecule has 1 saturated carbocycles. The summed E-state index contributed by atoms with van der Waals surface area (Å²) in [5.41, 5.74) is 5.67. The molecule has 0 aliphatic heterocycles. The molecular formula is C14H22N2O4S. The normalized spacial score (nSPS) is 21.7. The zero-order chi connectivity index (χ0) is 15.5. The maximum Gasteiger partial charge on any atom is 0.240 e. The van der Waals surface area contributed by atoms with Crippen molar-refractivity contribution in [1.82, 2.24) is 4.72 Å². The molecule has 0 heterocycles. The van der Waals surface area contributed by atoms with Gasteiger partial charge in [0.1, 0.15) is 0 Å². The predicted octanol–water partition coefficient (Wildman–Crippen LogP) is 1.25. The van der Waals surface area contributed by atoms with Crippen LogP contribution >= 0.6 is 0 Å². The van der Waals surface area contributed by atoms with Crippen LogP contribution in [0.25, 0.3) is 0 Å². The van der Waals surface area contributed by atoms with Crippen LogP contribution in [-0.2, 0) is 10.0 Å². The Kier molecular flexibility index (Phi) is 5.08. The van der Waals surface area contributed by atoms with E-state index in [0.29, 0.717) is 37.6 Å². The molecule has 0 unspecified atom stereocenters. The first-order valence-corrected chi connectivity index (χ1v) is 8.62. The first kappa shape index (κ1) is 16.1. The fraction of sp³-hybridized carbons (Fsp3) is 0.571. The van der Waals surface area contributed by atoms with Crippen LogP contribution in [0.4, 0.5) is 0 Å². The first-order chi connectivity index (χ1) is 9.96. The Hall–Kier alpha value is -1.31. The Morgan fingerprint density at radius 1 is 1.19 bits per heavy atom. The van der Waals surface area contributed by atoms with Crippen LogP contribution in [0.2, 0.25) is 0 Å². The molecule has 0 radical (unpaired) electrons. The molecule has 0 saturated heterocycles. The molecule has 3 N–H and O–H groups in total. The third kappa shape index (κ3) is 3.87. The summed E-state index contributed by atoms with van der Waals surface area (Å²) in [6.07, 6.45) is 1.35. The molecule has 0 aromatic heterocycles. The molecule has 6 nitrogen and oxygen atoms in total. The number of nitrogens with two attached hydrogens (primary N) is 1. The van der Waals surface area contributed by atoms with Crippen LogP contribution in [0.3, 0.4) is 0 Å². The van der Waals surface area contributed by atoms with Crippen LogP contribution in [0.15, 0.2) is 23.1 Å². The highest BCUT2D eigenvalue weighted by Gasteiger charge is 2.30. The van der Waals surface area contributed by atoms with E-state index in [9.17, 15) is 8.42 Å². The largest absolute Gasteiger partial charge is 0.490 e. The molecule has 0 amide bonds. The van der Waals surface area contributed by atoms with Crippen molar-refractivity contribution in [3.05, 3.63) is 18.2 Å². The number of hydrogen-bond donors (Lipinski definition) is 2. The summed E-state index contributed by atoms with van der Waals surface area (Å²) in [7, 11) is -3.56. The van der Waals surface area contributed by atoms with Gasteiger partial charge in [0, 0.05) is 18.2 Å². The van der Waals surface area contributed by atoms with E-state index in [0.717, 1.165) is 0 Å². The maximum absolute atomic E-state index is 12.3. The van der Waals surface area contributed by atoms with Gasteiger partial charge in [0.2, 0.25) is 10.0 Å². The molecule has 1 aromatic rings. The van der Waals surface area contributed by atoms with E-state index in [1.165, 1.54) is 12.1 Å². The summed E-state index contributed by atoms with van der Waals surface area (Å²) in [6.45, 7) is 4.63. The Labute approximate surface area is 125 Å². The van der Waals surface area contributed by atoms with Gasteiger partial charge in [0.05, 0.1) is 18.1 Å². The summed E-state index contributed by atoms with van der Waals surface area (Å²) in [6, 6.07) is 4.66. The van der Waals surface area contributed by atoms with Gasteiger partial charge in [0.25, 0.3) is 0 Å². The van der Waals surface area contributed by atoms with Crippen molar-refractivity contribution >= 4 is 10.0 Å². The Balaban J connectivity index is 2.20. The SMILES string of the molecule is CCOc1ccc(S(=O)(=O)NC2CC(N)C2)cc1OCC. The standard InChI is InChI=1S/C14H22N2O4S/c1-3-19-13-6-5-12(9-14(13)20-4-2)21(17,18)16-11-7-10(15)8-11/h5-6,9-11,16H,3-4,7-8,15H2,1-2H3. The number of sulfonamides is 1. The molecule has 7 heteroatoms. The minimum Gasteiger partial charge on any atom is -0.490 e. The smallest absolute Gasteiger partial charge is 0.240 e. The molecule has 118 valence electrons. The van der Waals surface area contributed by atoms with Gasteiger partial charge in [0.15, 0.2) is 11.5 Å². The van der Waals surface area contributed by atoms with Gasteiger partial charge in [-0.1, -0.05) is 0 Å². The van der Waals surface area contributed by atoms with Gasteiger partial charge >= 0.3 is 0 Å². The molecule has 2 rings (SSSR count). The summed E-state index contributed by atoms with van der Waals surface area (Å²) >= 11 is 0. The minimum atomic E-state index is -3.56. The lowest BCUT2D eigenvalue weighted by atomic mass is 9.89. The molecule has 0 spiro atoms. The molecule has 21 heavy (non-hydrogen) atoms. The van der Waals surface area contributed by atoms with Crippen molar-refractivity contribution in [2.45, 2.75) is 43.7 Å². The van der Waals surface area contributed by atoms with Crippen LogP contribution in [0.1, 0.15) is 26.7 Å². The van der Waals surface area contributed by atoms with Crippen molar-refractivity contribution < 1.29 is 17.9 Å². The molecule has 1 aromatic carbocycles. The summed E-state index contributed by atoms with van der Waals surface area (Å²) in [4.78, 5) is 0.176. The van der Waals surface area contributed by atoms with Crippen molar-refractivity contribution in [3.8, 4) is 11.5 Å². The lowest BCUT2D eigenvalue weighted by molar-refractivity contribution is 0.287. The fourth-order valence-corrected chi connectivity index (χ4v) is 3.52. The highest BCUT2D eigenvalue weighted by atomic mass is 32.2. The lowest BCUT2D eigenvalue weighted by Crippen LogP contribution is -2.50. The second-order valence-electron chi connectivity index (χ2n) is 5.02.